The number of nitrogens with one attached hydrogen (secondary N) is 3. The maximum absolute atomic E-state index is 12.8. The van der Waals surface area contributed by atoms with E-state index in [2.05, 4.69) is 30.1 Å². The molecule has 0 aliphatic heterocycles. The van der Waals surface area contributed by atoms with E-state index in [1.807, 2.05) is 6.92 Å². The first-order valence-corrected chi connectivity index (χ1v) is 15.2. The minimum absolute atomic E-state index is 0.0112. The van der Waals surface area contributed by atoms with Crippen LogP contribution in [0.3, 0.4) is 0 Å². The fourth-order valence-electron chi connectivity index (χ4n) is 4.84. The summed E-state index contributed by atoms with van der Waals surface area (Å²) in [6.45, 7) is 1.84. The fraction of sp³-hybridized carbons (Fsp3) is 0.393. The highest BCUT2D eigenvalue weighted by Gasteiger charge is 2.31. The monoisotopic (exact) mass is 625 g/mol. The predicted molar refractivity (Wildman–Crippen MR) is 153 cm³/mol. The van der Waals surface area contributed by atoms with Gasteiger partial charge >= 0.3 is 6.36 Å². The summed E-state index contributed by atoms with van der Waals surface area (Å²) in [7, 11) is -2.32. The van der Waals surface area contributed by atoms with Gasteiger partial charge in [0.1, 0.15) is 5.75 Å². The van der Waals surface area contributed by atoms with Crippen molar-refractivity contribution in [3.05, 3.63) is 64.4 Å². The minimum atomic E-state index is -4.90. The molecule has 0 spiro atoms. The maximum Gasteiger partial charge on any atom is 0.573 e. The van der Waals surface area contributed by atoms with Crippen LogP contribution in [0, 0.1) is 12.8 Å². The molecular formula is C28H31ClF3N5O4S. The quantitative estimate of drug-likeness (QED) is 0.242. The van der Waals surface area contributed by atoms with Gasteiger partial charge in [0.25, 0.3) is 0 Å². The van der Waals surface area contributed by atoms with Gasteiger partial charge in [0.05, 0.1) is 28.9 Å². The molecule has 0 saturated heterocycles. The Labute approximate surface area is 247 Å². The molecule has 9 nitrogen and oxygen atoms in total. The van der Waals surface area contributed by atoms with Crippen LogP contribution in [-0.2, 0) is 27.7 Å². The summed E-state index contributed by atoms with van der Waals surface area (Å²) in [5.41, 5.74) is 2.81. The van der Waals surface area contributed by atoms with Crippen molar-refractivity contribution in [2.24, 2.45) is 5.92 Å². The van der Waals surface area contributed by atoms with Crippen molar-refractivity contribution in [2.45, 2.75) is 63.1 Å². The van der Waals surface area contributed by atoms with E-state index in [9.17, 15) is 26.4 Å². The largest absolute Gasteiger partial charge is 0.573 e. The number of alkyl halides is 3. The normalized spacial score (nSPS) is 14.4. The number of aromatic nitrogens is 2. The standard InChI is InChI=1S/C28H31ClF3N5O4S/c1-17-8-9-22(42(39,40)33-2)15-23(17)35-25-16-34-27(36-24(25)12-18-6-4-3-5-7-18)37-26(38)13-19-10-20(29)14-21(11-19)41-28(30,31)32/h8-11,14-16,18,33,35H,3-7,12-13H2,1-2H3,(H,34,36,37,38). The van der Waals surface area contributed by atoms with Gasteiger partial charge in [-0.25, -0.2) is 23.1 Å². The number of carbonyl (C=O) groups is 1. The van der Waals surface area contributed by atoms with Gasteiger partial charge in [-0.1, -0.05) is 49.8 Å². The molecule has 1 amide bonds. The lowest BCUT2D eigenvalue weighted by atomic mass is 9.86. The van der Waals surface area contributed by atoms with Crippen LogP contribution in [0.5, 0.6) is 5.75 Å². The van der Waals surface area contributed by atoms with Gasteiger partial charge in [0.2, 0.25) is 21.9 Å². The van der Waals surface area contributed by atoms with Gasteiger partial charge in [-0.3, -0.25) is 10.1 Å². The Morgan fingerprint density at radius 3 is 2.52 bits per heavy atom. The van der Waals surface area contributed by atoms with Crippen molar-refractivity contribution in [3.63, 3.8) is 0 Å². The van der Waals surface area contributed by atoms with Crippen LogP contribution in [0.15, 0.2) is 47.5 Å². The number of nitrogens with zero attached hydrogens (tertiary/aromatic N) is 2. The number of aryl methyl sites for hydroxylation is 1. The van der Waals surface area contributed by atoms with E-state index in [1.165, 1.54) is 37.9 Å². The number of anilines is 3. The molecule has 4 rings (SSSR count). The third kappa shape index (κ3) is 8.79. The predicted octanol–water partition coefficient (Wildman–Crippen LogP) is 6.29. The summed E-state index contributed by atoms with van der Waals surface area (Å²) < 4.78 is 68.9. The van der Waals surface area contributed by atoms with Crippen LogP contribution in [0.1, 0.15) is 48.9 Å². The zero-order valence-corrected chi connectivity index (χ0v) is 24.6. The average molecular weight is 626 g/mol. The SMILES string of the molecule is CNS(=O)(=O)c1ccc(C)c(Nc2cnc(NC(=O)Cc3cc(Cl)cc(OC(F)(F)F)c3)nc2CC2CCCCC2)c1. The number of hydrogen-bond acceptors (Lipinski definition) is 7. The summed E-state index contributed by atoms with van der Waals surface area (Å²) in [5, 5.41) is 5.87. The Balaban J connectivity index is 1.57. The van der Waals surface area contributed by atoms with E-state index in [1.54, 1.807) is 6.07 Å². The highest BCUT2D eigenvalue weighted by atomic mass is 35.5. The Bertz CT molecular complexity index is 1550. The van der Waals surface area contributed by atoms with Crippen LogP contribution >= 0.6 is 11.6 Å². The molecule has 1 saturated carbocycles. The third-order valence-electron chi connectivity index (χ3n) is 6.91. The Morgan fingerprint density at radius 2 is 1.83 bits per heavy atom. The molecule has 0 unspecified atom stereocenters. The molecule has 226 valence electrons. The molecule has 2 aromatic carbocycles. The van der Waals surface area contributed by atoms with Gasteiger partial charge in [-0.05, 0) is 67.8 Å². The summed E-state index contributed by atoms with van der Waals surface area (Å²) in [5.74, 6) is -0.664. The molecule has 42 heavy (non-hydrogen) atoms. The van der Waals surface area contributed by atoms with E-state index in [-0.39, 0.29) is 27.9 Å². The van der Waals surface area contributed by atoms with Gasteiger partial charge in [0, 0.05) is 10.7 Å². The van der Waals surface area contributed by atoms with Crippen LogP contribution in [-0.4, -0.2) is 37.7 Å². The van der Waals surface area contributed by atoms with Crippen molar-refractivity contribution < 1.29 is 31.1 Å². The van der Waals surface area contributed by atoms with Gasteiger partial charge in [0.15, 0.2) is 0 Å². The summed E-state index contributed by atoms with van der Waals surface area (Å²) in [6, 6.07) is 8.22. The number of hydrogen-bond donors (Lipinski definition) is 3. The lowest BCUT2D eigenvalue weighted by molar-refractivity contribution is -0.274. The van der Waals surface area contributed by atoms with Crippen LogP contribution in [0.25, 0.3) is 0 Å². The first kappa shape index (κ1) is 31.5. The summed E-state index contributed by atoms with van der Waals surface area (Å²) in [4.78, 5) is 21.8. The highest BCUT2D eigenvalue weighted by molar-refractivity contribution is 7.89. The molecule has 0 radical (unpaired) electrons. The second-order valence-electron chi connectivity index (χ2n) is 10.1. The zero-order valence-electron chi connectivity index (χ0n) is 23.0. The summed E-state index contributed by atoms with van der Waals surface area (Å²) in [6.07, 6.45) is 2.44. The number of benzene rings is 2. The van der Waals surface area contributed by atoms with Gasteiger partial charge in [-0.2, -0.15) is 0 Å². The molecule has 3 aromatic rings. The van der Waals surface area contributed by atoms with E-state index in [4.69, 9.17) is 11.6 Å². The first-order valence-electron chi connectivity index (χ1n) is 13.3. The van der Waals surface area contributed by atoms with E-state index in [0.29, 0.717) is 29.4 Å². The van der Waals surface area contributed by atoms with Crippen LogP contribution in [0.2, 0.25) is 5.02 Å². The molecule has 14 heteroatoms. The lowest BCUT2D eigenvalue weighted by Crippen LogP contribution is -2.19. The molecule has 3 N–H and O–H groups in total. The average Bonchev–Trinajstić information content (AvgIpc) is 2.90. The highest BCUT2D eigenvalue weighted by Crippen LogP contribution is 2.32. The molecular weight excluding hydrogens is 595 g/mol. The van der Waals surface area contributed by atoms with E-state index < -0.39 is 28.0 Å². The Morgan fingerprint density at radius 1 is 1.10 bits per heavy atom. The maximum atomic E-state index is 12.8. The fourth-order valence-corrected chi connectivity index (χ4v) is 5.84. The topological polar surface area (TPSA) is 122 Å². The number of ether oxygens (including phenoxy) is 1. The van der Waals surface area contributed by atoms with Crippen molar-refractivity contribution in [1.82, 2.24) is 14.7 Å². The zero-order chi connectivity index (χ0) is 30.5. The van der Waals surface area contributed by atoms with Crippen molar-refractivity contribution in [2.75, 3.05) is 17.7 Å². The van der Waals surface area contributed by atoms with Crippen molar-refractivity contribution in [3.8, 4) is 5.75 Å². The Hall–Kier alpha value is -3.42. The number of rotatable bonds is 10. The Kier molecular flexibility index (Phi) is 9.95. The van der Waals surface area contributed by atoms with E-state index >= 15 is 0 Å². The minimum Gasteiger partial charge on any atom is -0.406 e. The number of sulfonamides is 1. The molecule has 0 atom stereocenters. The molecule has 1 aliphatic rings. The first-order chi connectivity index (χ1) is 19.8. The third-order valence-corrected chi connectivity index (χ3v) is 8.54. The molecule has 0 bridgehead atoms. The number of amides is 1. The molecule has 1 aliphatic carbocycles. The van der Waals surface area contributed by atoms with Crippen molar-refractivity contribution >= 4 is 44.9 Å². The van der Waals surface area contributed by atoms with Gasteiger partial charge in [-0.15, -0.1) is 13.2 Å². The molecule has 1 fully saturated rings. The second-order valence-corrected chi connectivity index (χ2v) is 12.5. The number of halogens is 4. The van der Waals surface area contributed by atoms with Crippen LogP contribution < -0.4 is 20.1 Å². The van der Waals surface area contributed by atoms with Crippen LogP contribution in [0.4, 0.5) is 30.5 Å². The van der Waals surface area contributed by atoms with Crippen molar-refractivity contribution in [1.29, 1.82) is 0 Å². The second kappa shape index (κ2) is 13.3. The number of carbonyl (C=O) groups excluding carboxylic acids is 1. The van der Waals surface area contributed by atoms with E-state index in [0.717, 1.165) is 43.4 Å². The summed E-state index contributed by atoms with van der Waals surface area (Å²) >= 11 is 5.93. The smallest absolute Gasteiger partial charge is 0.406 e. The molecule has 1 heterocycles. The lowest BCUT2D eigenvalue weighted by Gasteiger charge is -2.23. The van der Waals surface area contributed by atoms with Gasteiger partial charge < -0.3 is 10.1 Å². The molecule has 1 aromatic heterocycles.